The van der Waals surface area contributed by atoms with Gasteiger partial charge in [-0.25, -0.2) is 4.39 Å². The number of fused-ring (bicyclic) bond motifs is 1. The molecule has 110 valence electrons. The molecule has 1 aromatic heterocycles. The fraction of sp³-hybridized carbons (Fsp3) is 0.357. The van der Waals surface area contributed by atoms with Crippen molar-refractivity contribution in [1.82, 2.24) is 14.8 Å². The van der Waals surface area contributed by atoms with E-state index in [2.05, 4.69) is 14.8 Å². The number of halogens is 1. The van der Waals surface area contributed by atoms with Crippen LogP contribution in [0.5, 0.6) is 0 Å². The number of hydrogen-bond acceptors (Lipinski definition) is 4. The minimum atomic E-state index is -0.390. The SMILES string of the molecule is N=C(N)c1ccc(Sc2nnc3n2CCCCC3)c(F)c1. The van der Waals surface area contributed by atoms with E-state index in [9.17, 15) is 4.39 Å². The fourth-order valence-corrected chi connectivity index (χ4v) is 3.26. The van der Waals surface area contributed by atoms with Gasteiger partial charge >= 0.3 is 0 Å². The third kappa shape index (κ3) is 2.92. The lowest BCUT2D eigenvalue weighted by molar-refractivity contribution is 0.586. The van der Waals surface area contributed by atoms with Gasteiger partial charge in [0.15, 0.2) is 5.16 Å². The molecule has 21 heavy (non-hydrogen) atoms. The number of amidine groups is 1. The molecular formula is C14H16FN5S. The van der Waals surface area contributed by atoms with E-state index >= 15 is 0 Å². The summed E-state index contributed by atoms with van der Waals surface area (Å²) in [5.74, 6) is 0.455. The summed E-state index contributed by atoms with van der Waals surface area (Å²) in [4.78, 5) is 0.472. The maximum atomic E-state index is 14.1. The number of nitrogens with zero attached hydrogens (tertiary/aromatic N) is 3. The molecule has 0 amide bonds. The third-order valence-electron chi connectivity index (χ3n) is 3.52. The zero-order chi connectivity index (χ0) is 14.8. The molecule has 0 spiro atoms. The first-order valence-electron chi connectivity index (χ1n) is 6.89. The van der Waals surface area contributed by atoms with Crippen LogP contribution < -0.4 is 5.73 Å². The lowest BCUT2D eigenvalue weighted by Gasteiger charge is -2.07. The van der Waals surface area contributed by atoms with E-state index in [1.165, 1.54) is 24.2 Å². The minimum absolute atomic E-state index is 0.137. The second kappa shape index (κ2) is 5.85. The van der Waals surface area contributed by atoms with Crippen LogP contribution in [0.25, 0.3) is 0 Å². The van der Waals surface area contributed by atoms with Gasteiger partial charge in [0, 0.05) is 18.5 Å². The second-order valence-corrected chi connectivity index (χ2v) is 6.03. The molecule has 0 bridgehead atoms. The van der Waals surface area contributed by atoms with E-state index in [-0.39, 0.29) is 5.84 Å². The Kier molecular flexibility index (Phi) is 3.92. The Morgan fingerprint density at radius 2 is 2.14 bits per heavy atom. The van der Waals surface area contributed by atoms with Gasteiger partial charge in [0.05, 0.1) is 4.90 Å². The van der Waals surface area contributed by atoms with Crippen molar-refractivity contribution < 1.29 is 4.39 Å². The van der Waals surface area contributed by atoms with Crippen molar-refractivity contribution >= 4 is 17.6 Å². The van der Waals surface area contributed by atoms with Gasteiger partial charge in [-0.2, -0.15) is 0 Å². The molecule has 0 radical (unpaired) electrons. The summed E-state index contributed by atoms with van der Waals surface area (Å²) in [6.07, 6.45) is 4.35. The number of hydrogen-bond donors (Lipinski definition) is 2. The summed E-state index contributed by atoms with van der Waals surface area (Å²) in [5.41, 5.74) is 5.75. The number of nitrogens with two attached hydrogens (primary N) is 1. The quantitative estimate of drug-likeness (QED) is 0.674. The highest BCUT2D eigenvalue weighted by atomic mass is 32.2. The minimum Gasteiger partial charge on any atom is -0.384 e. The van der Waals surface area contributed by atoms with Crippen LogP contribution in [0.4, 0.5) is 4.39 Å². The Morgan fingerprint density at radius 3 is 2.90 bits per heavy atom. The van der Waals surface area contributed by atoms with Crippen molar-refractivity contribution in [3.05, 3.63) is 35.4 Å². The normalized spacial score (nSPS) is 14.5. The molecule has 0 atom stereocenters. The molecule has 5 nitrogen and oxygen atoms in total. The Balaban J connectivity index is 1.87. The molecule has 3 N–H and O–H groups in total. The Hall–Kier alpha value is -1.89. The summed E-state index contributed by atoms with van der Waals surface area (Å²) in [7, 11) is 0. The van der Waals surface area contributed by atoms with Crippen molar-refractivity contribution in [2.24, 2.45) is 5.73 Å². The molecular weight excluding hydrogens is 289 g/mol. The average Bonchev–Trinajstić information content (AvgIpc) is 2.69. The highest BCUT2D eigenvalue weighted by Gasteiger charge is 2.17. The molecule has 1 aliphatic heterocycles. The molecule has 2 heterocycles. The van der Waals surface area contributed by atoms with Gasteiger partial charge in [0.1, 0.15) is 17.5 Å². The van der Waals surface area contributed by atoms with Crippen molar-refractivity contribution in [2.75, 3.05) is 0 Å². The monoisotopic (exact) mass is 305 g/mol. The largest absolute Gasteiger partial charge is 0.384 e. The van der Waals surface area contributed by atoms with Crippen LogP contribution in [0.3, 0.4) is 0 Å². The average molecular weight is 305 g/mol. The first-order valence-corrected chi connectivity index (χ1v) is 7.70. The van der Waals surface area contributed by atoms with Crippen LogP contribution in [0, 0.1) is 11.2 Å². The lowest BCUT2D eigenvalue weighted by Crippen LogP contribution is -2.11. The highest BCUT2D eigenvalue weighted by Crippen LogP contribution is 2.30. The molecule has 7 heteroatoms. The molecule has 0 aliphatic carbocycles. The molecule has 0 saturated heterocycles. The fourth-order valence-electron chi connectivity index (χ4n) is 2.38. The van der Waals surface area contributed by atoms with E-state index in [1.807, 2.05) is 0 Å². The molecule has 2 aromatic rings. The lowest BCUT2D eigenvalue weighted by atomic mass is 10.2. The van der Waals surface area contributed by atoms with Crippen molar-refractivity contribution in [3.8, 4) is 0 Å². The summed E-state index contributed by atoms with van der Waals surface area (Å²) in [5, 5.41) is 16.4. The van der Waals surface area contributed by atoms with Gasteiger partial charge in [0.25, 0.3) is 0 Å². The van der Waals surface area contributed by atoms with Gasteiger partial charge in [-0.3, -0.25) is 5.41 Å². The molecule has 0 saturated carbocycles. The number of benzene rings is 1. The number of nitrogen functional groups attached to an aromatic ring is 1. The third-order valence-corrected chi connectivity index (χ3v) is 4.56. The number of aromatic nitrogens is 3. The molecule has 3 rings (SSSR count). The van der Waals surface area contributed by atoms with Crippen molar-refractivity contribution in [2.45, 2.75) is 42.3 Å². The van der Waals surface area contributed by atoms with E-state index in [4.69, 9.17) is 11.1 Å². The highest BCUT2D eigenvalue weighted by molar-refractivity contribution is 7.99. The number of rotatable bonds is 3. The van der Waals surface area contributed by atoms with E-state index in [0.29, 0.717) is 10.5 Å². The smallest absolute Gasteiger partial charge is 0.196 e. The Labute approximate surface area is 126 Å². The van der Waals surface area contributed by atoms with Crippen LogP contribution in [-0.4, -0.2) is 20.6 Å². The van der Waals surface area contributed by atoms with E-state index in [1.54, 1.807) is 12.1 Å². The zero-order valence-electron chi connectivity index (χ0n) is 11.5. The predicted octanol–water partition coefficient (Wildman–Crippen LogP) is 2.58. The second-order valence-electron chi connectivity index (χ2n) is 5.02. The van der Waals surface area contributed by atoms with Crippen molar-refractivity contribution in [3.63, 3.8) is 0 Å². The summed E-state index contributed by atoms with van der Waals surface area (Å²) in [6.45, 7) is 0.887. The van der Waals surface area contributed by atoms with Crippen LogP contribution >= 0.6 is 11.8 Å². The van der Waals surface area contributed by atoms with Gasteiger partial charge in [-0.05, 0) is 42.8 Å². The van der Waals surface area contributed by atoms with Gasteiger partial charge in [-0.15, -0.1) is 10.2 Å². The predicted molar refractivity (Wildman–Crippen MR) is 79.1 cm³/mol. The van der Waals surface area contributed by atoms with Crippen molar-refractivity contribution in [1.29, 1.82) is 5.41 Å². The van der Waals surface area contributed by atoms with Gasteiger partial charge < -0.3 is 10.3 Å². The first kappa shape index (κ1) is 14.1. The number of aryl methyl sites for hydroxylation is 1. The first-order chi connectivity index (χ1) is 10.1. The summed E-state index contributed by atoms with van der Waals surface area (Å²) in [6, 6.07) is 4.56. The molecule has 1 aliphatic rings. The molecule has 0 fully saturated rings. The maximum Gasteiger partial charge on any atom is 0.196 e. The van der Waals surface area contributed by atoms with E-state index < -0.39 is 5.82 Å². The van der Waals surface area contributed by atoms with Crippen LogP contribution in [-0.2, 0) is 13.0 Å². The Bertz CT molecular complexity index is 682. The van der Waals surface area contributed by atoms with Crippen LogP contribution in [0.1, 0.15) is 30.7 Å². The standard InChI is InChI=1S/C14H16FN5S/c15-10-8-9(13(16)17)5-6-11(10)21-14-19-18-12-4-2-1-3-7-20(12)14/h5-6,8H,1-4,7H2,(H3,16,17). The number of nitrogens with one attached hydrogen (secondary N) is 1. The topological polar surface area (TPSA) is 80.6 Å². The van der Waals surface area contributed by atoms with Gasteiger partial charge in [0.2, 0.25) is 0 Å². The summed E-state index contributed by atoms with van der Waals surface area (Å²) < 4.78 is 16.2. The van der Waals surface area contributed by atoms with Crippen LogP contribution in [0.2, 0.25) is 0 Å². The molecule has 1 aromatic carbocycles. The zero-order valence-corrected chi connectivity index (χ0v) is 12.3. The summed E-state index contributed by atoms with van der Waals surface area (Å²) >= 11 is 1.27. The van der Waals surface area contributed by atoms with Gasteiger partial charge in [-0.1, -0.05) is 6.42 Å². The van der Waals surface area contributed by atoms with Crippen LogP contribution in [0.15, 0.2) is 28.3 Å². The van der Waals surface area contributed by atoms with E-state index in [0.717, 1.165) is 36.8 Å². The Morgan fingerprint density at radius 1 is 1.29 bits per heavy atom. The maximum absolute atomic E-state index is 14.1. The molecule has 0 unspecified atom stereocenters.